The fourth-order valence-electron chi connectivity index (χ4n) is 7.55. The summed E-state index contributed by atoms with van der Waals surface area (Å²) in [5, 5.41) is 9.65. The lowest BCUT2D eigenvalue weighted by atomic mass is 10.0. The van der Waals surface area contributed by atoms with Crippen LogP contribution in [0.1, 0.15) is 232 Å². The van der Waals surface area contributed by atoms with Crippen LogP contribution in [0.25, 0.3) is 0 Å². The first-order valence-corrected chi connectivity index (χ1v) is 29.0. The molecule has 72 heavy (non-hydrogen) atoms. The summed E-state index contributed by atoms with van der Waals surface area (Å²) >= 11 is 0. The van der Waals surface area contributed by atoms with Crippen LogP contribution in [0, 0.1) is 0 Å². The highest BCUT2D eigenvalue weighted by atomic mass is 16.6. The number of rotatable bonds is 51. The molecule has 0 fully saturated rings. The van der Waals surface area contributed by atoms with Gasteiger partial charge in [-0.1, -0.05) is 262 Å². The number of allylic oxidation sites excluding steroid dienone is 26. The molecule has 0 heterocycles. The molecule has 0 aromatic heterocycles. The van der Waals surface area contributed by atoms with Gasteiger partial charge < -0.3 is 14.6 Å². The average Bonchev–Trinajstić information content (AvgIpc) is 3.38. The Labute approximate surface area is 443 Å². The van der Waals surface area contributed by atoms with Crippen LogP contribution in [-0.2, 0) is 19.1 Å². The number of carbonyl (C=O) groups is 2. The van der Waals surface area contributed by atoms with E-state index < -0.39 is 6.10 Å². The van der Waals surface area contributed by atoms with Gasteiger partial charge in [0, 0.05) is 12.8 Å². The predicted octanol–water partition coefficient (Wildman–Crippen LogP) is 20.0. The molecule has 1 atom stereocenters. The van der Waals surface area contributed by atoms with Gasteiger partial charge in [-0.05, 0) is 116 Å². The molecular weight excluding hydrogens is 885 g/mol. The lowest BCUT2D eigenvalue weighted by Crippen LogP contribution is -2.28. The van der Waals surface area contributed by atoms with E-state index in [9.17, 15) is 14.7 Å². The van der Waals surface area contributed by atoms with Gasteiger partial charge in [0.05, 0.1) is 6.61 Å². The second kappa shape index (κ2) is 60.8. The summed E-state index contributed by atoms with van der Waals surface area (Å²) in [6, 6.07) is 0. The number of carbonyl (C=O) groups excluding carboxylic acids is 2. The first-order chi connectivity index (χ1) is 35.6. The molecule has 1 unspecified atom stereocenters. The van der Waals surface area contributed by atoms with Crippen LogP contribution in [0.2, 0.25) is 0 Å². The van der Waals surface area contributed by atoms with Gasteiger partial charge in [-0.3, -0.25) is 9.59 Å². The van der Waals surface area contributed by atoms with Crippen LogP contribution in [0.5, 0.6) is 0 Å². The Kier molecular flexibility index (Phi) is 57.0. The minimum atomic E-state index is -0.815. The van der Waals surface area contributed by atoms with Crippen molar-refractivity contribution in [1.29, 1.82) is 0 Å². The number of ether oxygens (including phenoxy) is 2. The summed E-state index contributed by atoms with van der Waals surface area (Å²) in [6.07, 6.45) is 93.6. The van der Waals surface area contributed by atoms with Crippen LogP contribution < -0.4 is 0 Å². The van der Waals surface area contributed by atoms with Crippen LogP contribution >= 0.6 is 0 Å². The normalized spacial score (nSPS) is 13.4. The first kappa shape index (κ1) is 67.5. The summed E-state index contributed by atoms with van der Waals surface area (Å²) in [6.45, 7) is 3.87. The van der Waals surface area contributed by atoms with E-state index in [1.807, 2.05) is 0 Å². The van der Waals surface area contributed by atoms with Crippen molar-refractivity contribution in [1.82, 2.24) is 0 Å². The third kappa shape index (κ3) is 58.1. The number of aliphatic hydroxyl groups excluding tert-OH is 1. The lowest BCUT2D eigenvalue weighted by Gasteiger charge is -2.15. The number of aliphatic hydroxyl groups is 1. The topological polar surface area (TPSA) is 72.8 Å². The third-order valence-corrected chi connectivity index (χ3v) is 11.8. The van der Waals surface area contributed by atoms with Crippen molar-refractivity contribution in [3.63, 3.8) is 0 Å². The van der Waals surface area contributed by atoms with E-state index in [0.717, 1.165) is 109 Å². The molecular formula is C67H106O5. The summed E-state index contributed by atoms with van der Waals surface area (Å²) in [5.74, 6) is -0.668. The van der Waals surface area contributed by atoms with E-state index >= 15 is 0 Å². The molecule has 0 bridgehead atoms. The highest BCUT2D eigenvalue weighted by molar-refractivity contribution is 5.70. The Balaban J connectivity index is 3.63. The van der Waals surface area contributed by atoms with E-state index in [-0.39, 0.29) is 31.6 Å². The standard InChI is InChI=1S/C67H106O5/c1-3-5-7-9-11-13-15-17-19-21-23-25-27-29-31-33-35-37-39-41-43-45-47-49-51-53-55-57-59-61-66(69)71-64-65(63-68)72-67(70)62-60-58-56-54-52-50-48-46-44-42-40-38-36-34-32-30-28-26-24-22-20-18-16-14-12-10-8-6-4-2/h5-8,11-14,17-20,23-26,30,32,36,38,42,44,48,50,54,56,65,68H,3-4,9-10,15-16,21-22,27-29,31,33-35,37,39-41,43,45-47,49,51-53,55,57-64H2,1-2H3/b7-5-,8-6-,13-11-,14-12-,19-17-,20-18-,25-23-,26-24-,32-30-,38-36-,44-42-,50-48-,56-54-. The minimum Gasteiger partial charge on any atom is -0.462 e. The van der Waals surface area contributed by atoms with Crippen molar-refractivity contribution in [2.45, 2.75) is 238 Å². The average molecular weight is 992 g/mol. The van der Waals surface area contributed by atoms with Crippen molar-refractivity contribution in [3.05, 3.63) is 158 Å². The Hall–Kier alpha value is -4.48. The molecule has 5 nitrogen and oxygen atoms in total. The highest BCUT2D eigenvalue weighted by Gasteiger charge is 2.16. The molecule has 0 radical (unpaired) electrons. The third-order valence-electron chi connectivity index (χ3n) is 11.8. The van der Waals surface area contributed by atoms with Gasteiger partial charge in [0.25, 0.3) is 0 Å². The van der Waals surface area contributed by atoms with Gasteiger partial charge in [-0.2, -0.15) is 0 Å². The molecule has 0 aliphatic carbocycles. The molecule has 5 heteroatoms. The van der Waals surface area contributed by atoms with Crippen molar-refractivity contribution < 1.29 is 24.2 Å². The molecule has 0 aromatic carbocycles. The maximum atomic E-state index is 12.3. The molecule has 0 aromatic rings. The zero-order chi connectivity index (χ0) is 52.0. The fraction of sp³-hybridized carbons (Fsp3) is 0.582. The van der Waals surface area contributed by atoms with E-state index in [1.54, 1.807) is 0 Å². The summed E-state index contributed by atoms with van der Waals surface area (Å²) in [5.41, 5.74) is 0. The monoisotopic (exact) mass is 991 g/mol. The number of esters is 2. The number of hydrogen-bond acceptors (Lipinski definition) is 5. The predicted molar refractivity (Wildman–Crippen MR) is 315 cm³/mol. The van der Waals surface area contributed by atoms with Crippen molar-refractivity contribution in [2.24, 2.45) is 0 Å². The summed E-state index contributed by atoms with van der Waals surface area (Å²) < 4.78 is 10.7. The molecule has 0 aliphatic rings. The van der Waals surface area contributed by atoms with Crippen LogP contribution in [0.4, 0.5) is 0 Å². The molecule has 404 valence electrons. The van der Waals surface area contributed by atoms with Crippen LogP contribution in [-0.4, -0.2) is 36.4 Å². The summed E-state index contributed by atoms with van der Waals surface area (Å²) in [4.78, 5) is 24.5. The van der Waals surface area contributed by atoms with E-state index in [0.29, 0.717) is 12.8 Å². The molecule has 0 saturated heterocycles. The van der Waals surface area contributed by atoms with Gasteiger partial charge in [-0.15, -0.1) is 0 Å². The minimum absolute atomic E-state index is 0.0984. The fourth-order valence-corrected chi connectivity index (χ4v) is 7.55. The Morgan fingerprint density at radius 3 is 0.875 bits per heavy atom. The summed E-state index contributed by atoms with van der Waals surface area (Å²) in [7, 11) is 0. The quantitative estimate of drug-likeness (QED) is 0.0373. The van der Waals surface area contributed by atoms with Gasteiger partial charge in [0.1, 0.15) is 6.61 Å². The number of hydrogen-bond donors (Lipinski definition) is 1. The zero-order valence-corrected chi connectivity index (χ0v) is 46.1. The lowest BCUT2D eigenvalue weighted by molar-refractivity contribution is -0.161. The van der Waals surface area contributed by atoms with Gasteiger partial charge in [-0.25, -0.2) is 0 Å². The Morgan fingerprint density at radius 2 is 0.569 bits per heavy atom. The second-order valence-electron chi connectivity index (χ2n) is 18.6. The smallest absolute Gasteiger partial charge is 0.306 e. The number of unbranched alkanes of at least 4 members (excludes halogenated alkanes) is 17. The molecule has 0 rings (SSSR count). The van der Waals surface area contributed by atoms with E-state index in [2.05, 4.69) is 172 Å². The zero-order valence-electron chi connectivity index (χ0n) is 46.1. The molecule has 0 aliphatic heterocycles. The van der Waals surface area contributed by atoms with Crippen LogP contribution in [0.3, 0.4) is 0 Å². The van der Waals surface area contributed by atoms with Crippen molar-refractivity contribution in [2.75, 3.05) is 13.2 Å². The van der Waals surface area contributed by atoms with E-state index in [1.165, 1.54) is 89.9 Å². The van der Waals surface area contributed by atoms with E-state index in [4.69, 9.17) is 9.47 Å². The van der Waals surface area contributed by atoms with Gasteiger partial charge >= 0.3 is 11.9 Å². The molecule has 1 N–H and O–H groups in total. The molecule has 0 saturated carbocycles. The largest absolute Gasteiger partial charge is 0.462 e. The first-order valence-electron chi connectivity index (χ1n) is 29.0. The maximum Gasteiger partial charge on any atom is 0.306 e. The Morgan fingerprint density at radius 1 is 0.319 bits per heavy atom. The highest BCUT2D eigenvalue weighted by Crippen LogP contribution is 2.15. The van der Waals surface area contributed by atoms with Gasteiger partial charge in [0.2, 0.25) is 0 Å². The maximum absolute atomic E-state index is 12.3. The SMILES string of the molecule is CC/C=C\C/C=C\C/C=C\C/C=C\C/C=C\C/C=C\C/C=C\C/C=C\C/C=C\CCCC(=O)OC(CO)COC(=O)CCCCCCCCCCCCCCCCCC/C=C\C/C=C\C/C=C\C/C=C\CC. The Bertz CT molecular complexity index is 1590. The second-order valence-corrected chi connectivity index (χ2v) is 18.6. The van der Waals surface area contributed by atoms with Crippen molar-refractivity contribution >= 4 is 11.9 Å². The van der Waals surface area contributed by atoms with Gasteiger partial charge in [0.15, 0.2) is 6.10 Å². The molecule has 0 amide bonds. The van der Waals surface area contributed by atoms with Crippen LogP contribution in [0.15, 0.2) is 158 Å². The molecule has 0 spiro atoms. The van der Waals surface area contributed by atoms with Crippen molar-refractivity contribution in [3.8, 4) is 0 Å².